The summed E-state index contributed by atoms with van der Waals surface area (Å²) in [5.74, 6) is -0.865. The number of aryl methyl sites for hydroxylation is 1. The van der Waals surface area contributed by atoms with Crippen LogP contribution in [0.4, 0.5) is 14.6 Å². The Bertz CT molecular complexity index is 567. The molecule has 0 saturated heterocycles. The fourth-order valence-corrected chi connectivity index (χ4v) is 1.81. The summed E-state index contributed by atoms with van der Waals surface area (Å²) in [6, 6.07) is 3.79. The standard InChI is InChI=1S/C11H8BrF2N3/c1-5-16-8(4-9(15)17-5)10-7(13)3-2-6(12)11(10)14/h2-4H,1H3,(H2,15,16,17). The minimum absolute atomic E-state index is 0.131. The normalized spacial score (nSPS) is 10.6. The first-order valence-corrected chi connectivity index (χ1v) is 5.53. The molecular formula is C11H8BrF2N3. The van der Waals surface area contributed by atoms with Crippen molar-refractivity contribution in [1.82, 2.24) is 9.97 Å². The lowest BCUT2D eigenvalue weighted by Gasteiger charge is -2.07. The third-order valence-electron chi connectivity index (χ3n) is 2.16. The van der Waals surface area contributed by atoms with Gasteiger partial charge in [0, 0.05) is 6.07 Å². The Morgan fingerprint density at radius 1 is 1.24 bits per heavy atom. The van der Waals surface area contributed by atoms with Crippen LogP contribution in [0.25, 0.3) is 11.3 Å². The molecule has 0 bridgehead atoms. The smallest absolute Gasteiger partial charge is 0.149 e. The van der Waals surface area contributed by atoms with Crippen LogP contribution in [0.3, 0.4) is 0 Å². The van der Waals surface area contributed by atoms with Gasteiger partial charge in [-0.05, 0) is 35.0 Å². The molecule has 1 aromatic heterocycles. The minimum atomic E-state index is -0.706. The van der Waals surface area contributed by atoms with Gasteiger partial charge in [-0.1, -0.05) is 0 Å². The van der Waals surface area contributed by atoms with Crippen LogP contribution in [0.15, 0.2) is 22.7 Å². The Labute approximate surface area is 105 Å². The van der Waals surface area contributed by atoms with E-state index in [1.54, 1.807) is 6.92 Å². The zero-order valence-corrected chi connectivity index (χ0v) is 10.4. The van der Waals surface area contributed by atoms with E-state index in [2.05, 4.69) is 25.9 Å². The quantitative estimate of drug-likeness (QED) is 0.823. The lowest BCUT2D eigenvalue weighted by atomic mass is 10.1. The van der Waals surface area contributed by atoms with Crippen molar-refractivity contribution in [3.8, 4) is 11.3 Å². The van der Waals surface area contributed by atoms with Crippen molar-refractivity contribution in [1.29, 1.82) is 0 Å². The molecule has 2 aromatic rings. The maximum Gasteiger partial charge on any atom is 0.149 e. The second kappa shape index (κ2) is 4.37. The van der Waals surface area contributed by atoms with E-state index in [1.165, 1.54) is 12.1 Å². The fourth-order valence-electron chi connectivity index (χ4n) is 1.48. The third kappa shape index (κ3) is 2.26. The van der Waals surface area contributed by atoms with E-state index in [1.807, 2.05) is 0 Å². The van der Waals surface area contributed by atoms with E-state index in [-0.39, 0.29) is 21.5 Å². The van der Waals surface area contributed by atoms with Crippen molar-refractivity contribution in [2.45, 2.75) is 6.92 Å². The Morgan fingerprint density at radius 3 is 2.59 bits per heavy atom. The number of hydrogen-bond donors (Lipinski definition) is 1. The van der Waals surface area contributed by atoms with Crippen LogP contribution in [-0.4, -0.2) is 9.97 Å². The van der Waals surface area contributed by atoms with Gasteiger partial charge in [-0.15, -0.1) is 0 Å². The van der Waals surface area contributed by atoms with Gasteiger partial charge in [0.15, 0.2) is 0 Å². The van der Waals surface area contributed by atoms with E-state index in [4.69, 9.17) is 5.73 Å². The molecule has 0 aliphatic carbocycles. The molecule has 2 rings (SSSR count). The van der Waals surface area contributed by atoms with E-state index in [9.17, 15) is 8.78 Å². The summed E-state index contributed by atoms with van der Waals surface area (Å²) in [6.07, 6.45) is 0. The molecule has 1 aromatic carbocycles. The van der Waals surface area contributed by atoms with Crippen LogP contribution in [0.1, 0.15) is 5.82 Å². The number of anilines is 1. The molecule has 6 heteroatoms. The highest BCUT2D eigenvalue weighted by molar-refractivity contribution is 9.10. The monoisotopic (exact) mass is 299 g/mol. The predicted molar refractivity (Wildman–Crippen MR) is 64.2 cm³/mol. The van der Waals surface area contributed by atoms with Crippen molar-refractivity contribution in [3.63, 3.8) is 0 Å². The number of nitrogens with zero attached hydrogens (tertiary/aromatic N) is 2. The average molecular weight is 300 g/mol. The van der Waals surface area contributed by atoms with Crippen molar-refractivity contribution in [2.75, 3.05) is 5.73 Å². The predicted octanol–water partition coefficient (Wildman–Crippen LogP) is 3.07. The van der Waals surface area contributed by atoms with E-state index in [0.29, 0.717) is 5.82 Å². The van der Waals surface area contributed by atoms with E-state index < -0.39 is 11.6 Å². The minimum Gasteiger partial charge on any atom is -0.384 e. The number of nitrogen functional groups attached to an aromatic ring is 1. The van der Waals surface area contributed by atoms with Crippen molar-refractivity contribution in [2.24, 2.45) is 0 Å². The number of rotatable bonds is 1. The van der Waals surface area contributed by atoms with Crippen molar-refractivity contribution in [3.05, 3.63) is 40.1 Å². The van der Waals surface area contributed by atoms with Gasteiger partial charge < -0.3 is 5.73 Å². The maximum atomic E-state index is 13.8. The van der Waals surface area contributed by atoms with Gasteiger partial charge in [0.05, 0.1) is 15.7 Å². The lowest BCUT2D eigenvalue weighted by molar-refractivity contribution is 0.584. The van der Waals surface area contributed by atoms with Gasteiger partial charge in [0.2, 0.25) is 0 Å². The zero-order chi connectivity index (χ0) is 12.6. The SMILES string of the molecule is Cc1nc(N)cc(-c2c(F)ccc(Br)c2F)n1. The Hall–Kier alpha value is -1.56. The molecule has 17 heavy (non-hydrogen) atoms. The molecule has 1 heterocycles. The number of nitrogens with two attached hydrogens (primary N) is 1. The van der Waals surface area contributed by atoms with Crippen molar-refractivity contribution >= 4 is 21.7 Å². The van der Waals surface area contributed by atoms with Crippen LogP contribution < -0.4 is 5.73 Å². The maximum absolute atomic E-state index is 13.8. The van der Waals surface area contributed by atoms with Crippen LogP contribution in [0, 0.1) is 18.6 Å². The van der Waals surface area contributed by atoms with E-state index >= 15 is 0 Å². The fraction of sp³-hybridized carbons (Fsp3) is 0.0909. The number of hydrogen-bond acceptors (Lipinski definition) is 3. The van der Waals surface area contributed by atoms with Gasteiger partial charge in [0.1, 0.15) is 23.3 Å². The van der Waals surface area contributed by atoms with Crippen LogP contribution in [0.5, 0.6) is 0 Å². The Kier molecular flexibility index (Phi) is 3.06. The number of aromatic nitrogens is 2. The summed E-state index contributed by atoms with van der Waals surface area (Å²) in [7, 11) is 0. The molecule has 88 valence electrons. The summed E-state index contributed by atoms with van der Waals surface area (Å²) in [5.41, 5.74) is 5.45. The molecule has 0 saturated carbocycles. The second-order valence-electron chi connectivity index (χ2n) is 3.44. The third-order valence-corrected chi connectivity index (χ3v) is 2.77. The highest BCUT2D eigenvalue weighted by atomic mass is 79.9. The average Bonchev–Trinajstić information content (AvgIpc) is 2.23. The largest absolute Gasteiger partial charge is 0.384 e. The van der Waals surface area contributed by atoms with Crippen LogP contribution in [-0.2, 0) is 0 Å². The molecular weight excluding hydrogens is 292 g/mol. The molecule has 0 unspecified atom stereocenters. The summed E-state index contributed by atoms with van der Waals surface area (Å²) < 4.78 is 27.6. The van der Waals surface area contributed by atoms with Crippen molar-refractivity contribution < 1.29 is 8.78 Å². The van der Waals surface area contributed by atoms with Gasteiger partial charge in [-0.2, -0.15) is 0 Å². The molecule has 0 spiro atoms. The molecule has 0 radical (unpaired) electrons. The summed E-state index contributed by atoms with van der Waals surface area (Å²) >= 11 is 3.00. The molecule has 0 aliphatic rings. The summed E-state index contributed by atoms with van der Waals surface area (Å²) in [4.78, 5) is 7.83. The van der Waals surface area contributed by atoms with Gasteiger partial charge >= 0.3 is 0 Å². The summed E-state index contributed by atoms with van der Waals surface area (Å²) in [5, 5.41) is 0. The Morgan fingerprint density at radius 2 is 1.94 bits per heavy atom. The summed E-state index contributed by atoms with van der Waals surface area (Å²) in [6.45, 7) is 1.60. The highest BCUT2D eigenvalue weighted by Crippen LogP contribution is 2.30. The second-order valence-corrected chi connectivity index (χ2v) is 4.30. The number of benzene rings is 1. The lowest BCUT2D eigenvalue weighted by Crippen LogP contribution is -2.00. The van der Waals surface area contributed by atoms with Gasteiger partial charge in [-0.3, -0.25) is 0 Å². The van der Waals surface area contributed by atoms with Gasteiger partial charge in [-0.25, -0.2) is 18.7 Å². The highest BCUT2D eigenvalue weighted by Gasteiger charge is 2.16. The molecule has 3 nitrogen and oxygen atoms in total. The zero-order valence-electron chi connectivity index (χ0n) is 8.84. The van der Waals surface area contributed by atoms with Gasteiger partial charge in [0.25, 0.3) is 0 Å². The van der Waals surface area contributed by atoms with Crippen LogP contribution in [0.2, 0.25) is 0 Å². The first-order chi connectivity index (χ1) is 7.99. The molecule has 0 amide bonds. The first kappa shape index (κ1) is 11.9. The molecule has 0 atom stereocenters. The Balaban J connectivity index is 2.72. The number of halogens is 3. The molecule has 2 N–H and O–H groups in total. The topological polar surface area (TPSA) is 51.8 Å². The molecule has 0 aliphatic heterocycles. The first-order valence-electron chi connectivity index (χ1n) is 4.74. The van der Waals surface area contributed by atoms with E-state index in [0.717, 1.165) is 6.07 Å². The van der Waals surface area contributed by atoms with Crippen LogP contribution >= 0.6 is 15.9 Å². The molecule has 0 fully saturated rings.